The molecule has 0 bridgehead atoms. The first-order valence-corrected chi connectivity index (χ1v) is 8.38. The maximum absolute atomic E-state index is 12.4. The van der Waals surface area contributed by atoms with E-state index in [1.54, 1.807) is 17.0 Å². The van der Waals surface area contributed by atoms with Crippen LogP contribution in [0.2, 0.25) is 0 Å². The van der Waals surface area contributed by atoms with E-state index in [2.05, 4.69) is 16.0 Å². The molecule has 24 heavy (non-hydrogen) atoms. The Labute approximate surface area is 148 Å². The van der Waals surface area contributed by atoms with Crippen molar-refractivity contribution < 1.29 is 9.59 Å². The molecule has 3 amide bonds. The van der Waals surface area contributed by atoms with Crippen LogP contribution in [0.3, 0.4) is 0 Å². The molecule has 7 heteroatoms. The fourth-order valence-electron chi connectivity index (χ4n) is 3.13. The summed E-state index contributed by atoms with van der Waals surface area (Å²) in [6, 6.07) is 7.18. The number of benzene rings is 1. The minimum Gasteiger partial charge on any atom is -0.352 e. The van der Waals surface area contributed by atoms with Gasteiger partial charge in [0.1, 0.15) is 0 Å². The Morgan fingerprint density at radius 1 is 1.29 bits per heavy atom. The van der Waals surface area contributed by atoms with Gasteiger partial charge in [0.2, 0.25) is 0 Å². The molecule has 3 N–H and O–H groups in total. The quantitative estimate of drug-likeness (QED) is 0.773. The number of hydrogen-bond donors (Lipinski definition) is 3. The highest BCUT2D eigenvalue weighted by molar-refractivity contribution is 5.97. The summed E-state index contributed by atoms with van der Waals surface area (Å²) in [7, 11) is 0. The summed E-state index contributed by atoms with van der Waals surface area (Å²) in [5, 5.41) is 9.19. The summed E-state index contributed by atoms with van der Waals surface area (Å²) in [5.41, 5.74) is 1.37. The number of amides is 3. The van der Waals surface area contributed by atoms with Crippen molar-refractivity contribution >= 4 is 30.0 Å². The van der Waals surface area contributed by atoms with Gasteiger partial charge >= 0.3 is 6.03 Å². The second kappa shape index (κ2) is 8.89. The van der Waals surface area contributed by atoms with E-state index < -0.39 is 0 Å². The first-order valence-electron chi connectivity index (χ1n) is 8.38. The van der Waals surface area contributed by atoms with Gasteiger partial charge in [-0.15, -0.1) is 12.4 Å². The first kappa shape index (κ1) is 18.5. The maximum atomic E-state index is 12.4. The predicted octanol–water partition coefficient (Wildman–Crippen LogP) is 1.76. The molecular weight excluding hydrogens is 328 g/mol. The lowest BCUT2D eigenvalue weighted by molar-refractivity contribution is 0.0945. The third kappa shape index (κ3) is 4.61. The Hall–Kier alpha value is -1.79. The van der Waals surface area contributed by atoms with Crippen LogP contribution >= 0.6 is 12.4 Å². The molecule has 2 heterocycles. The summed E-state index contributed by atoms with van der Waals surface area (Å²) < 4.78 is 0. The Morgan fingerprint density at radius 3 is 2.92 bits per heavy atom. The van der Waals surface area contributed by atoms with Crippen LogP contribution in [-0.4, -0.2) is 44.7 Å². The van der Waals surface area contributed by atoms with E-state index >= 15 is 0 Å². The van der Waals surface area contributed by atoms with Crippen molar-refractivity contribution in [3.63, 3.8) is 0 Å². The molecule has 2 aliphatic heterocycles. The van der Waals surface area contributed by atoms with Crippen LogP contribution in [0.15, 0.2) is 24.3 Å². The van der Waals surface area contributed by atoms with Crippen molar-refractivity contribution in [2.45, 2.75) is 19.3 Å². The summed E-state index contributed by atoms with van der Waals surface area (Å²) in [5.74, 6) is 0.429. The van der Waals surface area contributed by atoms with Crippen molar-refractivity contribution in [3.8, 4) is 0 Å². The smallest absolute Gasteiger partial charge is 0.321 e. The van der Waals surface area contributed by atoms with Gasteiger partial charge < -0.3 is 16.0 Å². The minimum absolute atomic E-state index is 0. The highest BCUT2D eigenvalue weighted by Crippen LogP contribution is 2.18. The molecule has 132 valence electrons. The molecule has 2 aliphatic rings. The van der Waals surface area contributed by atoms with Crippen LogP contribution in [0.1, 0.15) is 29.6 Å². The number of piperidine rings is 1. The molecule has 0 radical (unpaired) electrons. The molecular formula is C17H25ClN4O2. The highest BCUT2D eigenvalue weighted by Gasteiger charge is 2.20. The van der Waals surface area contributed by atoms with Crippen LogP contribution in [0, 0.1) is 5.92 Å². The zero-order valence-corrected chi connectivity index (χ0v) is 14.5. The Kier molecular flexibility index (Phi) is 6.87. The average Bonchev–Trinajstić information content (AvgIpc) is 2.61. The summed E-state index contributed by atoms with van der Waals surface area (Å²) in [4.78, 5) is 26.0. The molecule has 1 atom stereocenters. The fraction of sp³-hybridized carbons (Fsp3) is 0.529. The second-order valence-corrected chi connectivity index (χ2v) is 6.21. The van der Waals surface area contributed by atoms with E-state index in [1.165, 1.54) is 6.42 Å². The monoisotopic (exact) mass is 352 g/mol. The largest absolute Gasteiger partial charge is 0.352 e. The van der Waals surface area contributed by atoms with Crippen LogP contribution in [0.25, 0.3) is 0 Å². The van der Waals surface area contributed by atoms with E-state index in [0.717, 1.165) is 31.6 Å². The molecule has 0 spiro atoms. The third-order valence-corrected chi connectivity index (χ3v) is 4.45. The number of carbonyl (C=O) groups is 2. The molecule has 6 nitrogen and oxygen atoms in total. The highest BCUT2D eigenvalue weighted by atomic mass is 35.5. The van der Waals surface area contributed by atoms with E-state index in [-0.39, 0.29) is 24.3 Å². The van der Waals surface area contributed by atoms with E-state index in [4.69, 9.17) is 0 Å². The number of urea groups is 1. The van der Waals surface area contributed by atoms with Crippen molar-refractivity contribution in [2.24, 2.45) is 5.92 Å². The van der Waals surface area contributed by atoms with Crippen molar-refractivity contribution in [1.82, 2.24) is 16.0 Å². The molecule has 3 rings (SSSR count). The first-order chi connectivity index (χ1) is 11.2. The average molecular weight is 353 g/mol. The van der Waals surface area contributed by atoms with Crippen LogP contribution in [-0.2, 0) is 0 Å². The van der Waals surface area contributed by atoms with Gasteiger partial charge in [-0.25, -0.2) is 4.79 Å². The number of rotatable bonds is 4. The molecule has 1 aromatic carbocycles. The summed E-state index contributed by atoms with van der Waals surface area (Å²) in [6.07, 6.45) is 3.23. The minimum atomic E-state index is -0.0953. The van der Waals surface area contributed by atoms with Crippen LogP contribution in [0.4, 0.5) is 10.5 Å². The maximum Gasteiger partial charge on any atom is 0.321 e. The van der Waals surface area contributed by atoms with Crippen LogP contribution < -0.4 is 20.9 Å². The van der Waals surface area contributed by atoms with Crippen LogP contribution in [0.5, 0.6) is 0 Å². The molecule has 2 saturated heterocycles. The number of anilines is 1. The van der Waals surface area contributed by atoms with Gasteiger partial charge in [-0.1, -0.05) is 6.07 Å². The van der Waals surface area contributed by atoms with Crippen molar-refractivity contribution in [3.05, 3.63) is 29.8 Å². The zero-order chi connectivity index (χ0) is 16.1. The second-order valence-electron chi connectivity index (χ2n) is 6.21. The number of hydrogen-bond acceptors (Lipinski definition) is 3. The normalized spacial score (nSPS) is 20.8. The molecule has 2 fully saturated rings. The van der Waals surface area contributed by atoms with Crippen molar-refractivity contribution in [2.75, 3.05) is 37.6 Å². The zero-order valence-electron chi connectivity index (χ0n) is 13.7. The van der Waals surface area contributed by atoms with Gasteiger partial charge in [-0.3, -0.25) is 9.69 Å². The Bertz CT molecular complexity index is 575. The van der Waals surface area contributed by atoms with Gasteiger partial charge in [0, 0.05) is 30.9 Å². The Morgan fingerprint density at radius 2 is 2.17 bits per heavy atom. The topological polar surface area (TPSA) is 73.5 Å². The van der Waals surface area contributed by atoms with Gasteiger partial charge in [-0.2, -0.15) is 0 Å². The lowest BCUT2D eigenvalue weighted by Crippen LogP contribution is -2.46. The van der Waals surface area contributed by atoms with Crippen molar-refractivity contribution in [1.29, 1.82) is 0 Å². The summed E-state index contributed by atoms with van der Waals surface area (Å²) >= 11 is 0. The lowest BCUT2D eigenvalue weighted by atomic mass is 9.99. The number of nitrogens with one attached hydrogen (secondary N) is 3. The van der Waals surface area contributed by atoms with Gasteiger partial charge in [0.25, 0.3) is 5.91 Å². The molecule has 1 aromatic rings. The number of nitrogens with zero attached hydrogens (tertiary/aromatic N) is 1. The lowest BCUT2D eigenvalue weighted by Gasteiger charge is -2.27. The molecule has 0 aliphatic carbocycles. The van der Waals surface area contributed by atoms with E-state index in [9.17, 15) is 9.59 Å². The molecule has 0 saturated carbocycles. The number of halogens is 1. The van der Waals surface area contributed by atoms with E-state index in [1.807, 2.05) is 12.1 Å². The standard InChI is InChI=1S/C17H24N4O2.ClH/c22-16(20-12-13-4-2-7-18-11-13)14-5-1-6-15(10-14)21-9-3-8-19-17(21)23;/h1,5-6,10,13,18H,2-4,7-9,11-12H2,(H,19,23)(H,20,22);1H. The molecule has 0 aromatic heterocycles. The van der Waals surface area contributed by atoms with Gasteiger partial charge in [-0.05, 0) is 56.5 Å². The van der Waals surface area contributed by atoms with Gasteiger partial charge in [0.15, 0.2) is 0 Å². The number of carbonyl (C=O) groups excluding carboxylic acids is 2. The Balaban J connectivity index is 0.00000208. The summed E-state index contributed by atoms with van der Waals surface area (Å²) in [6.45, 7) is 4.13. The van der Waals surface area contributed by atoms with Gasteiger partial charge in [0.05, 0.1) is 0 Å². The molecule has 1 unspecified atom stereocenters. The predicted molar refractivity (Wildman–Crippen MR) is 97.0 cm³/mol. The fourth-order valence-corrected chi connectivity index (χ4v) is 3.13. The SMILES string of the molecule is Cl.O=C(NCC1CCCNC1)c1cccc(N2CCCNC2=O)c1. The van der Waals surface area contributed by atoms with E-state index in [0.29, 0.717) is 31.1 Å². The third-order valence-electron chi connectivity index (χ3n) is 4.45.